The fourth-order valence-corrected chi connectivity index (χ4v) is 2.81. The number of ketones is 1. The molecule has 3 rings (SSSR count). The Morgan fingerprint density at radius 1 is 1.16 bits per heavy atom. The molecule has 0 saturated carbocycles. The molecule has 5 heteroatoms. The van der Waals surface area contributed by atoms with Gasteiger partial charge in [-0.05, 0) is 55.7 Å². The first-order valence-electron chi connectivity index (χ1n) is 7.85. The first-order chi connectivity index (χ1) is 11.8. The van der Waals surface area contributed by atoms with Gasteiger partial charge < -0.3 is 9.47 Å². The van der Waals surface area contributed by atoms with Crippen LogP contribution in [0, 0.1) is 6.92 Å². The van der Waals surface area contributed by atoms with Crippen molar-refractivity contribution in [2.24, 2.45) is 0 Å². The molecule has 0 aliphatic carbocycles. The molecule has 2 aromatic carbocycles. The molecule has 2 aromatic rings. The van der Waals surface area contributed by atoms with E-state index in [0.717, 1.165) is 11.1 Å². The summed E-state index contributed by atoms with van der Waals surface area (Å²) in [5, 5.41) is 0.614. The van der Waals surface area contributed by atoms with Crippen LogP contribution in [0.2, 0.25) is 5.02 Å². The first kappa shape index (κ1) is 17.2. The molecule has 25 heavy (non-hydrogen) atoms. The van der Waals surface area contributed by atoms with Crippen LogP contribution < -0.4 is 9.47 Å². The second-order valence-corrected chi connectivity index (χ2v) is 6.59. The van der Waals surface area contributed by atoms with Crippen molar-refractivity contribution in [3.05, 3.63) is 69.4 Å². The number of Topliss-reactive ketones (excluding diaryl/α,β-unsaturated/α-hetero) is 1. The smallest absolute Gasteiger partial charge is 0.315 e. The summed E-state index contributed by atoms with van der Waals surface area (Å²) in [5.41, 5.74) is 2.86. The standard InChI is InChI=1S/C20H17ClO4/c1-11(2)20-19(23)18-12(3)8-15(10-16(18)25-20)24-17(22)9-13-4-6-14(21)7-5-13/h4-8,10H,9H2,1-3H3. The SMILES string of the molecule is CC(C)=C1Oc2cc(OC(=O)Cc3ccc(Cl)cc3)cc(C)c2C1=O. The van der Waals surface area contributed by atoms with Crippen LogP contribution in [0.4, 0.5) is 0 Å². The zero-order valence-electron chi connectivity index (χ0n) is 14.2. The van der Waals surface area contributed by atoms with E-state index in [0.29, 0.717) is 33.4 Å². The average molecular weight is 357 g/mol. The summed E-state index contributed by atoms with van der Waals surface area (Å²) >= 11 is 5.83. The number of halogens is 1. The van der Waals surface area contributed by atoms with E-state index in [1.54, 1.807) is 43.3 Å². The van der Waals surface area contributed by atoms with Gasteiger partial charge in [-0.25, -0.2) is 0 Å². The molecule has 128 valence electrons. The highest BCUT2D eigenvalue weighted by atomic mass is 35.5. The lowest BCUT2D eigenvalue weighted by Crippen LogP contribution is -2.11. The predicted molar refractivity (Wildman–Crippen MR) is 95.3 cm³/mol. The number of benzene rings is 2. The summed E-state index contributed by atoms with van der Waals surface area (Å²) < 4.78 is 11.0. The molecule has 0 atom stereocenters. The van der Waals surface area contributed by atoms with E-state index in [2.05, 4.69) is 0 Å². The molecule has 0 saturated heterocycles. The van der Waals surface area contributed by atoms with E-state index in [9.17, 15) is 9.59 Å². The monoisotopic (exact) mass is 356 g/mol. The summed E-state index contributed by atoms with van der Waals surface area (Å²) in [6.07, 6.45) is 0.131. The van der Waals surface area contributed by atoms with Crippen LogP contribution in [-0.4, -0.2) is 11.8 Å². The van der Waals surface area contributed by atoms with Crippen LogP contribution in [0.3, 0.4) is 0 Å². The third-order valence-corrected chi connectivity index (χ3v) is 4.12. The normalized spacial score (nSPS) is 12.6. The van der Waals surface area contributed by atoms with Gasteiger partial charge in [-0.2, -0.15) is 0 Å². The van der Waals surface area contributed by atoms with Gasteiger partial charge in [-0.15, -0.1) is 0 Å². The molecular formula is C20H17ClO4. The highest BCUT2D eigenvalue weighted by molar-refractivity contribution is 6.30. The number of rotatable bonds is 3. The number of allylic oxidation sites excluding steroid dienone is 2. The topological polar surface area (TPSA) is 52.6 Å². The molecule has 0 amide bonds. The molecule has 0 N–H and O–H groups in total. The Morgan fingerprint density at radius 3 is 2.48 bits per heavy atom. The fourth-order valence-electron chi connectivity index (χ4n) is 2.69. The quantitative estimate of drug-likeness (QED) is 0.455. The zero-order valence-corrected chi connectivity index (χ0v) is 14.9. The van der Waals surface area contributed by atoms with Crippen LogP contribution >= 0.6 is 11.6 Å². The van der Waals surface area contributed by atoms with Crippen molar-refractivity contribution in [3.8, 4) is 11.5 Å². The van der Waals surface area contributed by atoms with Crippen LogP contribution in [0.1, 0.15) is 35.3 Å². The minimum Gasteiger partial charge on any atom is -0.452 e. The first-order valence-corrected chi connectivity index (χ1v) is 8.22. The minimum absolute atomic E-state index is 0.131. The van der Waals surface area contributed by atoms with E-state index in [-0.39, 0.29) is 12.2 Å². The summed E-state index contributed by atoms with van der Waals surface area (Å²) in [6, 6.07) is 10.3. The van der Waals surface area contributed by atoms with Gasteiger partial charge in [0.05, 0.1) is 12.0 Å². The van der Waals surface area contributed by atoms with Crippen molar-refractivity contribution in [1.29, 1.82) is 0 Å². The molecule has 1 aliphatic rings. The third-order valence-electron chi connectivity index (χ3n) is 3.87. The van der Waals surface area contributed by atoms with E-state index >= 15 is 0 Å². The van der Waals surface area contributed by atoms with Gasteiger partial charge >= 0.3 is 5.97 Å². The second kappa shape index (κ2) is 6.73. The van der Waals surface area contributed by atoms with Crippen molar-refractivity contribution < 1.29 is 19.1 Å². The molecule has 0 fully saturated rings. The van der Waals surface area contributed by atoms with Crippen molar-refractivity contribution >= 4 is 23.4 Å². The van der Waals surface area contributed by atoms with Gasteiger partial charge in [-0.3, -0.25) is 9.59 Å². The number of carbonyl (C=O) groups is 2. The average Bonchev–Trinajstić information content (AvgIpc) is 2.87. The van der Waals surface area contributed by atoms with Gasteiger partial charge in [0.1, 0.15) is 11.5 Å². The maximum atomic E-state index is 12.4. The number of ether oxygens (including phenoxy) is 2. The Labute approximate surface area is 151 Å². The van der Waals surface area contributed by atoms with Gasteiger partial charge in [-0.1, -0.05) is 23.7 Å². The van der Waals surface area contributed by atoms with E-state index in [1.165, 1.54) is 0 Å². The van der Waals surface area contributed by atoms with Crippen LogP contribution in [-0.2, 0) is 11.2 Å². The summed E-state index contributed by atoms with van der Waals surface area (Å²) in [6.45, 7) is 5.44. The van der Waals surface area contributed by atoms with Gasteiger partial charge in [0.2, 0.25) is 5.78 Å². The summed E-state index contributed by atoms with van der Waals surface area (Å²) in [4.78, 5) is 24.5. The van der Waals surface area contributed by atoms with E-state index < -0.39 is 5.97 Å². The highest BCUT2D eigenvalue weighted by Crippen LogP contribution is 2.37. The van der Waals surface area contributed by atoms with Crippen molar-refractivity contribution in [3.63, 3.8) is 0 Å². The molecule has 4 nitrogen and oxygen atoms in total. The summed E-state index contributed by atoms with van der Waals surface area (Å²) in [7, 11) is 0. The summed E-state index contributed by atoms with van der Waals surface area (Å²) in [5.74, 6) is 0.594. The van der Waals surface area contributed by atoms with Crippen molar-refractivity contribution in [2.75, 3.05) is 0 Å². The lowest BCUT2D eigenvalue weighted by Gasteiger charge is -2.08. The number of esters is 1. The van der Waals surface area contributed by atoms with Gasteiger partial charge in [0, 0.05) is 11.1 Å². The Balaban J connectivity index is 1.79. The Kier molecular flexibility index (Phi) is 4.64. The largest absolute Gasteiger partial charge is 0.452 e. The molecule has 1 heterocycles. The lowest BCUT2D eigenvalue weighted by molar-refractivity contribution is -0.133. The van der Waals surface area contributed by atoms with Gasteiger partial charge in [0.15, 0.2) is 5.76 Å². The molecule has 0 spiro atoms. The van der Waals surface area contributed by atoms with E-state index in [4.69, 9.17) is 21.1 Å². The van der Waals surface area contributed by atoms with E-state index in [1.807, 2.05) is 13.8 Å². The number of fused-ring (bicyclic) bond motifs is 1. The fraction of sp³-hybridized carbons (Fsp3) is 0.200. The van der Waals surface area contributed by atoms with Crippen LogP contribution in [0.25, 0.3) is 0 Å². The van der Waals surface area contributed by atoms with Gasteiger partial charge in [0.25, 0.3) is 0 Å². The Hall–Kier alpha value is -2.59. The number of hydrogen-bond donors (Lipinski definition) is 0. The Bertz CT molecular complexity index is 891. The molecule has 1 aliphatic heterocycles. The third kappa shape index (κ3) is 3.59. The number of hydrogen-bond acceptors (Lipinski definition) is 4. The van der Waals surface area contributed by atoms with Crippen molar-refractivity contribution in [2.45, 2.75) is 27.2 Å². The highest BCUT2D eigenvalue weighted by Gasteiger charge is 2.30. The van der Waals surface area contributed by atoms with Crippen LogP contribution in [0.15, 0.2) is 47.7 Å². The lowest BCUT2D eigenvalue weighted by atomic mass is 10.0. The predicted octanol–water partition coefficient (Wildman–Crippen LogP) is 4.67. The molecular weight excluding hydrogens is 340 g/mol. The Morgan fingerprint density at radius 2 is 1.84 bits per heavy atom. The maximum absolute atomic E-state index is 12.4. The maximum Gasteiger partial charge on any atom is 0.315 e. The molecule has 0 unspecified atom stereocenters. The zero-order chi connectivity index (χ0) is 18.1. The number of carbonyl (C=O) groups excluding carboxylic acids is 2. The number of aryl methyl sites for hydroxylation is 1. The minimum atomic E-state index is -0.395. The van der Waals surface area contributed by atoms with Crippen LogP contribution in [0.5, 0.6) is 11.5 Å². The molecule has 0 aromatic heterocycles. The molecule has 0 radical (unpaired) electrons. The van der Waals surface area contributed by atoms with Crippen molar-refractivity contribution in [1.82, 2.24) is 0 Å². The molecule has 0 bridgehead atoms. The second-order valence-electron chi connectivity index (χ2n) is 6.15.